The summed E-state index contributed by atoms with van der Waals surface area (Å²) in [6.45, 7) is 4.31. The zero-order valence-corrected chi connectivity index (χ0v) is 10.3. The maximum absolute atomic E-state index is 5.69. The van der Waals surface area contributed by atoms with Crippen LogP contribution in [0.5, 0.6) is 0 Å². The first-order chi connectivity index (χ1) is 7.79. The summed E-state index contributed by atoms with van der Waals surface area (Å²) >= 11 is 5.69. The van der Waals surface area contributed by atoms with Gasteiger partial charge < -0.3 is 9.80 Å². The number of hydrogen-bond donors (Lipinski definition) is 0. The first kappa shape index (κ1) is 11.6. The topological polar surface area (TPSA) is 32.3 Å². The van der Waals surface area contributed by atoms with Crippen molar-refractivity contribution in [2.45, 2.75) is 12.3 Å². The van der Waals surface area contributed by atoms with Crippen molar-refractivity contribution >= 4 is 17.4 Å². The Morgan fingerprint density at radius 2 is 2.06 bits per heavy atom. The second-order valence-electron chi connectivity index (χ2n) is 4.14. The Kier molecular flexibility index (Phi) is 3.96. The van der Waals surface area contributed by atoms with Gasteiger partial charge in [0, 0.05) is 19.6 Å². The number of likely N-dealkylation sites (N-methyl/N-ethyl adjacent to an activating group) is 1. The highest BCUT2D eigenvalue weighted by molar-refractivity contribution is 6.16. The third-order valence-electron chi connectivity index (χ3n) is 2.87. The quantitative estimate of drug-likeness (QED) is 0.731. The fourth-order valence-electron chi connectivity index (χ4n) is 1.86. The predicted molar refractivity (Wildman–Crippen MR) is 65.9 cm³/mol. The van der Waals surface area contributed by atoms with Gasteiger partial charge in [-0.1, -0.05) is 0 Å². The number of rotatable bonds is 2. The molecule has 0 aromatic carbocycles. The number of hydrogen-bond acceptors (Lipinski definition) is 4. The van der Waals surface area contributed by atoms with Crippen LogP contribution in [0.2, 0.25) is 0 Å². The van der Waals surface area contributed by atoms with Gasteiger partial charge in [0.15, 0.2) is 0 Å². The maximum atomic E-state index is 5.69. The Balaban J connectivity index is 2.04. The first-order valence-corrected chi connectivity index (χ1v) is 6.13. The van der Waals surface area contributed by atoms with Crippen molar-refractivity contribution in [2.24, 2.45) is 0 Å². The van der Waals surface area contributed by atoms with Crippen LogP contribution in [0.25, 0.3) is 0 Å². The van der Waals surface area contributed by atoms with Crippen LogP contribution >= 0.6 is 11.6 Å². The normalized spacial score (nSPS) is 18.5. The van der Waals surface area contributed by atoms with Crippen molar-refractivity contribution in [2.75, 3.05) is 38.1 Å². The Morgan fingerprint density at radius 1 is 1.19 bits per heavy atom. The molecule has 1 aromatic rings. The van der Waals surface area contributed by atoms with Gasteiger partial charge in [0.25, 0.3) is 0 Å². The molecule has 1 aliphatic rings. The fourth-order valence-corrected chi connectivity index (χ4v) is 1.99. The fraction of sp³-hybridized carbons (Fsp3) is 0.636. The highest BCUT2D eigenvalue weighted by Crippen LogP contribution is 2.12. The van der Waals surface area contributed by atoms with Crippen LogP contribution in [0, 0.1) is 0 Å². The van der Waals surface area contributed by atoms with Gasteiger partial charge in [-0.15, -0.1) is 11.6 Å². The summed E-state index contributed by atoms with van der Waals surface area (Å²) in [7, 11) is 2.16. The van der Waals surface area contributed by atoms with E-state index in [0.29, 0.717) is 5.88 Å². The average molecular weight is 241 g/mol. The molecule has 5 heteroatoms. The third kappa shape index (κ3) is 2.83. The molecule has 2 heterocycles. The molecule has 0 N–H and O–H groups in total. The molecule has 0 amide bonds. The second kappa shape index (κ2) is 5.46. The van der Waals surface area contributed by atoms with Crippen LogP contribution in [-0.2, 0) is 5.88 Å². The Labute approximate surface area is 101 Å². The zero-order valence-electron chi connectivity index (χ0n) is 9.56. The number of aromatic nitrogens is 2. The van der Waals surface area contributed by atoms with Gasteiger partial charge in [-0.2, -0.15) is 0 Å². The van der Waals surface area contributed by atoms with Crippen LogP contribution in [0.15, 0.2) is 12.4 Å². The van der Waals surface area contributed by atoms with E-state index in [-0.39, 0.29) is 0 Å². The molecule has 1 aliphatic heterocycles. The second-order valence-corrected chi connectivity index (χ2v) is 4.41. The van der Waals surface area contributed by atoms with E-state index in [1.807, 2.05) is 6.20 Å². The first-order valence-electron chi connectivity index (χ1n) is 5.60. The third-order valence-corrected chi connectivity index (χ3v) is 3.15. The van der Waals surface area contributed by atoms with Crippen LogP contribution in [0.4, 0.5) is 5.82 Å². The molecule has 1 saturated heterocycles. The highest BCUT2D eigenvalue weighted by Gasteiger charge is 2.13. The number of nitrogens with zero attached hydrogens (tertiary/aromatic N) is 4. The van der Waals surface area contributed by atoms with Gasteiger partial charge >= 0.3 is 0 Å². The molecule has 4 nitrogen and oxygen atoms in total. The van der Waals surface area contributed by atoms with Gasteiger partial charge in [-0.05, 0) is 20.0 Å². The van der Waals surface area contributed by atoms with Gasteiger partial charge in [0.05, 0.1) is 24.0 Å². The van der Waals surface area contributed by atoms with Crippen molar-refractivity contribution in [3.63, 3.8) is 0 Å². The van der Waals surface area contributed by atoms with Crippen molar-refractivity contribution in [3.05, 3.63) is 18.1 Å². The minimum absolute atomic E-state index is 0.427. The molecule has 1 fully saturated rings. The molecule has 0 radical (unpaired) electrons. The monoisotopic (exact) mass is 240 g/mol. The molecule has 0 saturated carbocycles. The summed E-state index contributed by atoms with van der Waals surface area (Å²) in [5.41, 5.74) is 0.831. The largest absolute Gasteiger partial charge is 0.354 e. The SMILES string of the molecule is CN1CCCN(c2cnc(CCl)cn2)CC1. The Morgan fingerprint density at radius 3 is 2.75 bits per heavy atom. The van der Waals surface area contributed by atoms with Crippen LogP contribution < -0.4 is 4.90 Å². The van der Waals surface area contributed by atoms with E-state index in [1.165, 1.54) is 6.42 Å². The minimum atomic E-state index is 0.427. The van der Waals surface area contributed by atoms with Gasteiger partial charge in [-0.25, -0.2) is 4.98 Å². The Bertz CT molecular complexity index is 327. The van der Waals surface area contributed by atoms with Crippen molar-refractivity contribution in [3.8, 4) is 0 Å². The lowest BCUT2D eigenvalue weighted by Crippen LogP contribution is -2.29. The molecular formula is C11H17ClN4. The number of halogens is 1. The van der Waals surface area contributed by atoms with Crippen LogP contribution in [0.1, 0.15) is 12.1 Å². The van der Waals surface area contributed by atoms with E-state index in [0.717, 1.165) is 37.7 Å². The molecule has 2 rings (SSSR count). The molecule has 16 heavy (non-hydrogen) atoms. The van der Waals surface area contributed by atoms with Crippen molar-refractivity contribution < 1.29 is 0 Å². The van der Waals surface area contributed by atoms with Gasteiger partial charge in [0.1, 0.15) is 5.82 Å². The summed E-state index contributed by atoms with van der Waals surface area (Å²) in [6.07, 6.45) is 4.76. The van der Waals surface area contributed by atoms with E-state index in [4.69, 9.17) is 11.6 Å². The minimum Gasteiger partial charge on any atom is -0.354 e. The van der Waals surface area contributed by atoms with Gasteiger partial charge in [-0.3, -0.25) is 4.98 Å². The molecule has 88 valence electrons. The zero-order chi connectivity index (χ0) is 11.4. The molecule has 0 spiro atoms. The molecule has 0 bridgehead atoms. The molecule has 1 aromatic heterocycles. The summed E-state index contributed by atoms with van der Waals surface area (Å²) in [5.74, 6) is 1.39. The lowest BCUT2D eigenvalue weighted by atomic mass is 10.4. The lowest BCUT2D eigenvalue weighted by Gasteiger charge is -2.21. The van der Waals surface area contributed by atoms with Crippen molar-refractivity contribution in [1.29, 1.82) is 0 Å². The van der Waals surface area contributed by atoms with Crippen LogP contribution in [0.3, 0.4) is 0 Å². The summed E-state index contributed by atoms with van der Waals surface area (Å²) < 4.78 is 0. The summed E-state index contributed by atoms with van der Waals surface area (Å²) in [6, 6.07) is 0. The lowest BCUT2D eigenvalue weighted by molar-refractivity contribution is 0.360. The highest BCUT2D eigenvalue weighted by atomic mass is 35.5. The average Bonchev–Trinajstić information content (AvgIpc) is 2.54. The van der Waals surface area contributed by atoms with E-state index in [9.17, 15) is 0 Å². The Hall–Kier alpha value is -0.870. The van der Waals surface area contributed by atoms with E-state index < -0.39 is 0 Å². The van der Waals surface area contributed by atoms with E-state index in [1.54, 1.807) is 6.20 Å². The van der Waals surface area contributed by atoms with E-state index in [2.05, 4.69) is 26.8 Å². The molecule has 0 unspecified atom stereocenters. The predicted octanol–water partition coefficient (Wildman–Crippen LogP) is 1.36. The summed E-state index contributed by atoms with van der Waals surface area (Å²) in [4.78, 5) is 13.3. The van der Waals surface area contributed by atoms with Crippen molar-refractivity contribution in [1.82, 2.24) is 14.9 Å². The van der Waals surface area contributed by atoms with E-state index >= 15 is 0 Å². The summed E-state index contributed by atoms with van der Waals surface area (Å²) in [5, 5.41) is 0. The smallest absolute Gasteiger partial charge is 0.147 e. The molecule has 0 aliphatic carbocycles. The number of alkyl halides is 1. The standard InChI is InChI=1S/C11H17ClN4/c1-15-3-2-4-16(6-5-15)11-9-13-10(7-12)8-14-11/h8-9H,2-7H2,1H3. The van der Waals surface area contributed by atoms with Crippen LogP contribution in [-0.4, -0.2) is 48.1 Å². The molecular weight excluding hydrogens is 224 g/mol. The maximum Gasteiger partial charge on any atom is 0.147 e. The molecule has 0 atom stereocenters. The van der Waals surface area contributed by atoms with Gasteiger partial charge in [0.2, 0.25) is 0 Å². The number of anilines is 1.